The summed E-state index contributed by atoms with van der Waals surface area (Å²) in [5.74, 6) is 0.964. The van der Waals surface area contributed by atoms with E-state index in [9.17, 15) is 0 Å². The van der Waals surface area contributed by atoms with Gasteiger partial charge in [0.15, 0.2) is 5.13 Å². The third-order valence-electron chi connectivity index (χ3n) is 2.51. The second kappa shape index (κ2) is 5.36. The van der Waals surface area contributed by atoms with Gasteiger partial charge in [-0.2, -0.15) is 0 Å². The van der Waals surface area contributed by atoms with Gasteiger partial charge in [0, 0.05) is 6.54 Å². The number of benzene rings is 1. The fourth-order valence-corrected chi connectivity index (χ4v) is 2.58. The smallest absolute Gasteiger partial charge is 0.183 e. The van der Waals surface area contributed by atoms with Crippen molar-refractivity contribution in [2.45, 2.75) is 27.2 Å². The van der Waals surface area contributed by atoms with Crippen LogP contribution in [0.1, 0.15) is 25.8 Å². The Hall–Kier alpha value is -1.29. The summed E-state index contributed by atoms with van der Waals surface area (Å²) in [4.78, 5) is 4.56. The molecule has 0 bridgehead atoms. The highest BCUT2D eigenvalue weighted by atomic mass is 32.1. The first kappa shape index (κ1) is 12.2. The van der Waals surface area contributed by atoms with E-state index in [4.69, 9.17) is 4.74 Å². The molecule has 4 heteroatoms. The van der Waals surface area contributed by atoms with Crippen LogP contribution in [0, 0.1) is 6.92 Å². The zero-order valence-electron chi connectivity index (χ0n) is 10.5. The topological polar surface area (TPSA) is 34.2 Å². The molecule has 1 aromatic heterocycles. The fraction of sp³-hybridized carbons (Fsp3) is 0.462. The van der Waals surface area contributed by atoms with Crippen LogP contribution in [0.4, 0.5) is 5.13 Å². The molecule has 0 saturated carbocycles. The maximum Gasteiger partial charge on any atom is 0.183 e. The van der Waals surface area contributed by atoms with Gasteiger partial charge < -0.3 is 10.1 Å². The first-order valence-electron chi connectivity index (χ1n) is 6.02. The van der Waals surface area contributed by atoms with Crippen LogP contribution >= 0.6 is 11.3 Å². The number of aromatic nitrogens is 1. The highest BCUT2D eigenvalue weighted by molar-refractivity contribution is 7.22. The molecule has 17 heavy (non-hydrogen) atoms. The number of fused-ring (bicyclic) bond motifs is 1. The number of ether oxygens (including phenoxy) is 1. The van der Waals surface area contributed by atoms with Crippen LogP contribution in [0.2, 0.25) is 0 Å². The third-order valence-corrected chi connectivity index (χ3v) is 3.49. The Bertz CT molecular complexity index is 507. The zero-order valence-corrected chi connectivity index (χ0v) is 11.4. The van der Waals surface area contributed by atoms with Gasteiger partial charge in [-0.25, -0.2) is 4.98 Å². The zero-order chi connectivity index (χ0) is 12.3. The summed E-state index contributed by atoms with van der Waals surface area (Å²) in [6, 6.07) is 4.18. The number of nitrogens with zero attached hydrogens (tertiary/aromatic N) is 1. The van der Waals surface area contributed by atoms with E-state index in [1.807, 2.05) is 6.92 Å². The minimum atomic E-state index is 0.700. The maximum atomic E-state index is 5.59. The average molecular weight is 250 g/mol. The van der Waals surface area contributed by atoms with Crippen LogP contribution in [0.25, 0.3) is 10.2 Å². The van der Waals surface area contributed by atoms with Crippen molar-refractivity contribution in [2.75, 3.05) is 18.5 Å². The van der Waals surface area contributed by atoms with E-state index in [2.05, 4.69) is 36.3 Å². The first-order valence-corrected chi connectivity index (χ1v) is 6.84. The standard InChI is InChI=1S/C13H18N2OS/c1-4-6-14-13-15-10-7-9(3)11(16-5-2)8-12(10)17-13/h7-8H,4-6H2,1-3H3,(H,14,15). The van der Waals surface area contributed by atoms with Crippen LogP contribution < -0.4 is 10.1 Å². The lowest BCUT2D eigenvalue weighted by molar-refractivity contribution is 0.338. The van der Waals surface area contributed by atoms with Crippen LogP contribution in [0.3, 0.4) is 0 Å². The molecule has 0 atom stereocenters. The van der Waals surface area contributed by atoms with Gasteiger partial charge in [-0.3, -0.25) is 0 Å². The summed E-state index contributed by atoms with van der Waals surface area (Å²) in [7, 11) is 0. The Morgan fingerprint density at radius 3 is 2.88 bits per heavy atom. The normalized spacial score (nSPS) is 10.8. The number of aryl methyl sites for hydroxylation is 1. The predicted molar refractivity (Wildman–Crippen MR) is 74.3 cm³/mol. The Morgan fingerprint density at radius 2 is 2.18 bits per heavy atom. The van der Waals surface area contributed by atoms with Crippen LogP contribution in [-0.2, 0) is 0 Å². The van der Waals surface area contributed by atoms with Gasteiger partial charge in [-0.15, -0.1) is 0 Å². The molecule has 0 aliphatic rings. The summed E-state index contributed by atoms with van der Waals surface area (Å²) in [6.07, 6.45) is 1.11. The number of nitrogens with one attached hydrogen (secondary N) is 1. The second-order valence-electron chi connectivity index (χ2n) is 3.96. The van der Waals surface area contributed by atoms with Crippen molar-refractivity contribution in [3.63, 3.8) is 0 Å². The SMILES string of the molecule is CCCNc1nc2cc(C)c(OCC)cc2s1. The summed E-state index contributed by atoms with van der Waals surface area (Å²) >= 11 is 1.68. The predicted octanol–water partition coefficient (Wildman–Crippen LogP) is 3.83. The molecule has 0 unspecified atom stereocenters. The van der Waals surface area contributed by atoms with Crippen molar-refractivity contribution in [1.82, 2.24) is 4.98 Å². The van der Waals surface area contributed by atoms with Crippen molar-refractivity contribution >= 4 is 26.7 Å². The number of thiazole rings is 1. The van der Waals surface area contributed by atoms with Gasteiger partial charge in [0.2, 0.25) is 0 Å². The first-order chi connectivity index (χ1) is 8.24. The molecule has 2 aromatic rings. The maximum absolute atomic E-state index is 5.59. The number of anilines is 1. The molecule has 0 amide bonds. The quantitative estimate of drug-likeness (QED) is 0.875. The molecular formula is C13H18N2OS. The van der Waals surface area contributed by atoms with Crippen molar-refractivity contribution in [1.29, 1.82) is 0 Å². The van der Waals surface area contributed by atoms with E-state index >= 15 is 0 Å². The Kier molecular flexibility index (Phi) is 3.84. The number of hydrogen-bond acceptors (Lipinski definition) is 4. The van der Waals surface area contributed by atoms with Crippen molar-refractivity contribution in [3.05, 3.63) is 17.7 Å². The Morgan fingerprint density at radius 1 is 1.35 bits per heavy atom. The summed E-state index contributed by atoms with van der Waals surface area (Å²) in [6.45, 7) is 7.88. The van der Waals surface area contributed by atoms with E-state index in [1.165, 1.54) is 4.70 Å². The van der Waals surface area contributed by atoms with Gasteiger partial charge in [0.1, 0.15) is 5.75 Å². The molecule has 1 heterocycles. The highest BCUT2D eigenvalue weighted by Gasteiger charge is 2.07. The van der Waals surface area contributed by atoms with E-state index in [-0.39, 0.29) is 0 Å². The van der Waals surface area contributed by atoms with Gasteiger partial charge in [0.05, 0.1) is 16.8 Å². The molecule has 1 N–H and O–H groups in total. The summed E-state index contributed by atoms with van der Waals surface area (Å²) in [5, 5.41) is 4.32. The fourth-order valence-electron chi connectivity index (χ4n) is 1.68. The van der Waals surface area contributed by atoms with Crippen LogP contribution in [0.5, 0.6) is 5.75 Å². The monoisotopic (exact) mass is 250 g/mol. The lowest BCUT2D eigenvalue weighted by Crippen LogP contribution is -1.98. The van der Waals surface area contributed by atoms with E-state index in [0.717, 1.165) is 34.9 Å². The van der Waals surface area contributed by atoms with Crippen LogP contribution in [0.15, 0.2) is 12.1 Å². The van der Waals surface area contributed by atoms with Crippen molar-refractivity contribution in [2.24, 2.45) is 0 Å². The molecule has 0 saturated heterocycles. The van der Waals surface area contributed by atoms with Crippen molar-refractivity contribution in [3.8, 4) is 5.75 Å². The third kappa shape index (κ3) is 2.69. The average Bonchev–Trinajstić information content (AvgIpc) is 2.69. The molecule has 2 rings (SSSR count). The minimum absolute atomic E-state index is 0.700. The Balaban J connectivity index is 2.33. The molecule has 0 fully saturated rings. The number of rotatable bonds is 5. The molecule has 3 nitrogen and oxygen atoms in total. The van der Waals surface area contributed by atoms with Gasteiger partial charge in [-0.05, 0) is 38.0 Å². The lowest BCUT2D eigenvalue weighted by Gasteiger charge is -2.05. The van der Waals surface area contributed by atoms with Crippen LogP contribution in [-0.4, -0.2) is 18.1 Å². The minimum Gasteiger partial charge on any atom is -0.494 e. The van der Waals surface area contributed by atoms with Gasteiger partial charge >= 0.3 is 0 Å². The van der Waals surface area contributed by atoms with Gasteiger partial charge in [-0.1, -0.05) is 18.3 Å². The largest absolute Gasteiger partial charge is 0.494 e. The number of hydrogen-bond donors (Lipinski definition) is 1. The van der Waals surface area contributed by atoms with Crippen molar-refractivity contribution < 1.29 is 4.74 Å². The molecule has 0 spiro atoms. The highest BCUT2D eigenvalue weighted by Crippen LogP contribution is 2.31. The van der Waals surface area contributed by atoms with E-state index in [0.29, 0.717) is 6.61 Å². The lowest BCUT2D eigenvalue weighted by atomic mass is 10.2. The van der Waals surface area contributed by atoms with E-state index < -0.39 is 0 Å². The molecular weight excluding hydrogens is 232 g/mol. The molecule has 0 aliphatic carbocycles. The molecule has 1 aromatic carbocycles. The summed E-state index contributed by atoms with van der Waals surface area (Å²) < 4.78 is 6.77. The molecule has 0 radical (unpaired) electrons. The van der Waals surface area contributed by atoms with E-state index in [1.54, 1.807) is 11.3 Å². The summed E-state index contributed by atoms with van der Waals surface area (Å²) in [5.41, 5.74) is 2.20. The Labute approximate surface area is 106 Å². The molecule has 0 aliphatic heterocycles. The molecule has 92 valence electrons. The van der Waals surface area contributed by atoms with Gasteiger partial charge in [0.25, 0.3) is 0 Å². The second-order valence-corrected chi connectivity index (χ2v) is 4.99.